The van der Waals surface area contributed by atoms with Gasteiger partial charge in [0.1, 0.15) is 5.82 Å². The summed E-state index contributed by atoms with van der Waals surface area (Å²) in [5.41, 5.74) is 0.960. The van der Waals surface area contributed by atoms with Crippen molar-refractivity contribution in [2.45, 2.75) is 38.4 Å². The second kappa shape index (κ2) is 6.85. The Balaban J connectivity index is 2.21. The first-order valence-electron chi connectivity index (χ1n) is 6.27. The van der Waals surface area contributed by atoms with E-state index in [1.165, 1.54) is 11.8 Å². The highest BCUT2D eigenvalue weighted by Gasteiger charge is 2.14. The molecule has 0 bridgehead atoms. The minimum atomic E-state index is -0.855. The van der Waals surface area contributed by atoms with Crippen molar-refractivity contribution in [1.29, 1.82) is 0 Å². The van der Waals surface area contributed by atoms with Crippen LogP contribution >= 0.6 is 23.1 Å². The molecule has 8 heteroatoms. The van der Waals surface area contributed by atoms with E-state index < -0.39 is 5.97 Å². The Morgan fingerprint density at radius 3 is 2.90 bits per heavy atom. The number of aryl methyl sites for hydroxylation is 2. The first-order chi connectivity index (χ1) is 9.60. The topological polar surface area (TPSA) is 80.9 Å². The lowest BCUT2D eigenvalue weighted by molar-refractivity contribution is -0.133. The number of hydrogen-bond donors (Lipinski definition) is 1. The zero-order valence-electron chi connectivity index (χ0n) is 11.4. The molecule has 20 heavy (non-hydrogen) atoms. The molecular formula is C12H16N4O2S2. The van der Waals surface area contributed by atoms with Crippen molar-refractivity contribution < 1.29 is 9.90 Å². The molecule has 0 spiro atoms. The van der Waals surface area contributed by atoms with E-state index in [1.807, 2.05) is 16.9 Å². The summed E-state index contributed by atoms with van der Waals surface area (Å²) in [5, 5.41) is 20.7. The average Bonchev–Trinajstić information content (AvgIpc) is 2.96. The van der Waals surface area contributed by atoms with Crippen molar-refractivity contribution in [3.63, 3.8) is 0 Å². The van der Waals surface area contributed by atoms with Crippen molar-refractivity contribution in [3.05, 3.63) is 21.9 Å². The van der Waals surface area contributed by atoms with E-state index in [1.54, 1.807) is 11.3 Å². The SMILES string of the molecule is CCCc1nnc(SCC(=O)O)n1Cc1csc(C)n1. The Hall–Kier alpha value is -1.41. The van der Waals surface area contributed by atoms with Crippen LogP contribution in [-0.4, -0.2) is 36.6 Å². The maximum absolute atomic E-state index is 10.7. The molecule has 0 aliphatic heterocycles. The standard InChI is InChI=1S/C12H16N4O2S2/c1-3-4-10-14-15-12(20-7-11(17)18)16(10)5-9-6-19-8(2)13-9/h6H,3-5,7H2,1-2H3,(H,17,18). The number of hydrogen-bond acceptors (Lipinski definition) is 6. The Kier molecular flexibility index (Phi) is 5.13. The highest BCUT2D eigenvalue weighted by molar-refractivity contribution is 7.99. The summed E-state index contributed by atoms with van der Waals surface area (Å²) in [7, 11) is 0. The molecule has 0 radical (unpaired) electrons. The van der Waals surface area contributed by atoms with Gasteiger partial charge in [0.25, 0.3) is 0 Å². The van der Waals surface area contributed by atoms with Gasteiger partial charge in [-0.1, -0.05) is 18.7 Å². The van der Waals surface area contributed by atoms with E-state index in [0.717, 1.165) is 29.4 Å². The lowest BCUT2D eigenvalue weighted by atomic mass is 10.3. The van der Waals surface area contributed by atoms with Gasteiger partial charge in [0.15, 0.2) is 5.16 Å². The molecule has 108 valence electrons. The van der Waals surface area contributed by atoms with Crippen molar-refractivity contribution in [1.82, 2.24) is 19.7 Å². The molecule has 1 N–H and O–H groups in total. The van der Waals surface area contributed by atoms with Gasteiger partial charge < -0.3 is 5.11 Å². The second-order valence-electron chi connectivity index (χ2n) is 4.28. The predicted molar refractivity (Wildman–Crippen MR) is 78.3 cm³/mol. The van der Waals surface area contributed by atoms with Gasteiger partial charge in [-0.25, -0.2) is 4.98 Å². The van der Waals surface area contributed by atoms with Crippen LogP contribution in [0.1, 0.15) is 29.9 Å². The Morgan fingerprint density at radius 2 is 2.30 bits per heavy atom. The van der Waals surface area contributed by atoms with Crippen LogP contribution in [0.4, 0.5) is 0 Å². The van der Waals surface area contributed by atoms with Crippen LogP contribution in [0.2, 0.25) is 0 Å². The maximum Gasteiger partial charge on any atom is 0.313 e. The monoisotopic (exact) mass is 312 g/mol. The van der Waals surface area contributed by atoms with Crippen molar-refractivity contribution in [2.24, 2.45) is 0 Å². The smallest absolute Gasteiger partial charge is 0.313 e. The number of aliphatic carboxylic acids is 1. The maximum atomic E-state index is 10.7. The number of nitrogens with zero attached hydrogens (tertiary/aromatic N) is 4. The summed E-state index contributed by atoms with van der Waals surface area (Å²) >= 11 is 2.80. The summed E-state index contributed by atoms with van der Waals surface area (Å²) in [4.78, 5) is 15.1. The van der Waals surface area contributed by atoms with E-state index >= 15 is 0 Å². The summed E-state index contributed by atoms with van der Waals surface area (Å²) in [5.74, 6) is 0.0116. The Morgan fingerprint density at radius 1 is 1.50 bits per heavy atom. The third kappa shape index (κ3) is 3.80. The molecule has 0 fully saturated rings. The molecule has 6 nitrogen and oxygen atoms in total. The molecule has 0 aliphatic carbocycles. The van der Waals surface area contributed by atoms with Crippen LogP contribution in [0.5, 0.6) is 0 Å². The Labute approximate surface area is 125 Å². The second-order valence-corrected chi connectivity index (χ2v) is 6.28. The van der Waals surface area contributed by atoms with Crippen molar-refractivity contribution in [2.75, 3.05) is 5.75 Å². The van der Waals surface area contributed by atoms with Gasteiger partial charge in [-0.05, 0) is 13.3 Å². The lowest BCUT2D eigenvalue weighted by Gasteiger charge is -2.07. The molecule has 0 aliphatic rings. The Bertz CT molecular complexity index is 594. The number of carboxylic acids is 1. The normalized spacial score (nSPS) is 10.9. The fourth-order valence-corrected chi connectivity index (χ4v) is 3.04. The van der Waals surface area contributed by atoms with Gasteiger partial charge in [-0.15, -0.1) is 21.5 Å². The third-order valence-corrected chi connectivity index (χ3v) is 4.35. The highest BCUT2D eigenvalue weighted by atomic mass is 32.2. The van der Waals surface area contributed by atoms with Crippen LogP contribution < -0.4 is 0 Å². The minimum absolute atomic E-state index is 0.0135. The molecule has 2 aromatic rings. The van der Waals surface area contributed by atoms with Gasteiger partial charge in [0, 0.05) is 11.8 Å². The zero-order chi connectivity index (χ0) is 14.5. The number of rotatable bonds is 7. The number of carbonyl (C=O) groups is 1. The van der Waals surface area contributed by atoms with Crippen LogP contribution in [0.15, 0.2) is 10.5 Å². The fraction of sp³-hybridized carbons (Fsp3) is 0.500. The van der Waals surface area contributed by atoms with Crippen molar-refractivity contribution in [3.8, 4) is 0 Å². The number of carboxylic acid groups (broad SMARTS) is 1. The first kappa shape index (κ1) is 15.0. The first-order valence-corrected chi connectivity index (χ1v) is 8.14. The fourth-order valence-electron chi connectivity index (χ4n) is 1.76. The quantitative estimate of drug-likeness (QED) is 0.790. The van der Waals surface area contributed by atoms with Crippen LogP contribution in [0, 0.1) is 6.92 Å². The van der Waals surface area contributed by atoms with E-state index in [2.05, 4.69) is 22.1 Å². The summed E-state index contributed by atoms with van der Waals surface area (Å²) in [6.45, 7) is 4.64. The largest absolute Gasteiger partial charge is 0.481 e. The molecule has 2 aromatic heterocycles. The molecule has 2 heterocycles. The summed E-state index contributed by atoms with van der Waals surface area (Å²) in [6, 6.07) is 0. The molecule has 2 rings (SSSR count). The van der Waals surface area contributed by atoms with Gasteiger partial charge in [-0.3, -0.25) is 9.36 Å². The van der Waals surface area contributed by atoms with Gasteiger partial charge in [0.05, 0.1) is 23.0 Å². The average molecular weight is 312 g/mol. The molecule has 0 unspecified atom stereocenters. The number of aromatic nitrogens is 4. The molecule has 0 amide bonds. The van der Waals surface area contributed by atoms with E-state index in [-0.39, 0.29) is 5.75 Å². The van der Waals surface area contributed by atoms with Crippen molar-refractivity contribution >= 4 is 29.1 Å². The molecule has 0 saturated heterocycles. The van der Waals surface area contributed by atoms with Crippen LogP contribution in [-0.2, 0) is 17.8 Å². The molecular weight excluding hydrogens is 296 g/mol. The zero-order valence-corrected chi connectivity index (χ0v) is 13.0. The number of thiazole rings is 1. The highest BCUT2D eigenvalue weighted by Crippen LogP contribution is 2.20. The summed E-state index contributed by atoms with van der Waals surface area (Å²) in [6.07, 6.45) is 1.79. The molecule has 0 aromatic carbocycles. The molecule has 0 atom stereocenters. The van der Waals surface area contributed by atoms with Crippen LogP contribution in [0.25, 0.3) is 0 Å². The third-order valence-electron chi connectivity index (χ3n) is 2.58. The minimum Gasteiger partial charge on any atom is -0.481 e. The van der Waals surface area contributed by atoms with E-state index in [0.29, 0.717) is 11.7 Å². The van der Waals surface area contributed by atoms with Crippen LogP contribution in [0.3, 0.4) is 0 Å². The predicted octanol–water partition coefficient (Wildman–Crippen LogP) is 2.22. The van der Waals surface area contributed by atoms with Gasteiger partial charge in [-0.2, -0.15) is 0 Å². The molecule has 0 saturated carbocycles. The number of thioether (sulfide) groups is 1. The lowest BCUT2D eigenvalue weighted by Crippen LogP contribution is -2.08. The summed E-state index contributed by atoms with van der Waals surface area (Å²) < 4.78 is 1.96. The van der Waals surface area contributed by atoms with E-state index in [4.69, 9.17) is 5.11 Å². The van der Waals surface area contributed by atoms with Gasteiger partial charge >= 0.3 is 5.97 Å². The van der Waals surface area contributed by atoms with Gasteiger partial charge in [0.2, 0.25) is 0 Å². The van der Waals surface area contributed by atoms with E-state index in [9.17, 15) is 4.79 Å².